The molecule has 1 aromatic heterocycles. The summed E-state index contributed by atoms with van der Waals surface area (Å²) < 4.78 is 5.62. The molecule has 0 amide bonds. The molecule has 0 radical (unpaired) electrons. The molecule has 1 N–H and O–H groups in total. The maximum atomic E-state index is 10.8. The Kier molecular flexibility index (Phi) is 8.41. The van der Waals surface area contributed by atoms with Gasteiger partial charge in [0.25, 0.3) is 0 Å². The van der Waals surface area contributed by atoms with Gasteiger partial charge >= 0.3 is 0 Å². The minimum atomic E-state index is -0.426. The molecule has 0 aliphatic heterocycles. The molecule has 2 aromatic carbocycles. The summed E-state index contributed by atoms with van der Waals surface area (Å²) in [5.41, 5.74) is 4.43. The highest BCUT2D eigenvalue weighted by molar-refractivity contribution is 5.80. The summed E-state index contributed by atoms with van der Waals surface area (Å²) >= 11 is 0. The topological polar surface area (TPSA) is 48.8 Å². The SMILES string of the molecule is CCN(CC)CC(O)CN(Cc1ccc(C)cc1)Cc1cc2ccccc2nc1OC. The van der Waals surface area contributed by atoms with E-state index < -0.39 is 6.10 Å². The highest BCUT2D eigenvalue weighted by Gasteiger charge is 2.18. The van der Waals surface area contributed by atoms with Gasteiger partial charge in [-0.3, -0.25) is 4.90 Å². The van der Waals surface area contributed by atoms with Crippen molar-refractivity contribution in [3.63, 3.8) is 0 Å². The number of aliphatic hydroxyl groups is 1. The number of aryl methyl sites for hydroxylation is 1. The van der Waals surface area contributed by atoms with Crippen LogP contribution in [0, 0.1) is 6.92 Å². The smallest absolute Gasteiger partial charge is 0.218 e. The van der Waals surface area contributed by atoms with E-state index in [1.807, 2.05) is 18.2 Å². The van der Waals surface area contributed by atoms with E-state index in [4.69, 9.17) is 9.72 Å². The molecule has 1 heterocycles. The number of methoxy groups -OCH3 is 1. The number of nitrogens with zero attached hydrogens (tertiary/aromatic N) is 3. The van der Waals surface area contributed by atoms with Crippen molar-refractivity contribution in [2.75, 3.05) is 33.3 Å². The van der Waals surface area contributed by atoms with E-state index in [1.165, 1.54) is 11.1 Å². The van der Waals surface area contributed by atoms with Crippen LogP contribution >= 0.6 is 0 Å². The molecule has 3 rings (SSSR count). The van der Waals surface area contributed by atoms with Crippen LogP contribution in [0.1, 0.15) is 30.5 Å². The quantitative estimate of drug-likeness (QED) is 0.501. The minimum absolute atomic E-state index is 0.426. The molecule has 0 saturated carbocycles. The summed E-state index contributed by atoms with van der Waals surface area (Å²) in [6.07, 6.45) is -0.426. The predicted molar refractivity (Wildman–Crippen MR) is 127 cm³/mol. The van der Waals surface area contributed by atoms with Gasteiger partial charge in [0.05, 0.1) is 18.7 Å². The van der Waals surface area contributed by atoms with Crippen molar-refractivity contribution in [3.05, 3.63) is 71.3 Å². The average molecular weight is 422 g/mol. The standard InChI is InChI=1S/C26H35N3O2/c1-5-28(6-2)18-24(30)19-29(16-21-13-11-20(3)12-14-21)17-23-15-22-9-7-8-10-25(22)27-26(23)31-4/h7-15,24,30H,5-6,16-19H2,1-4H3. The molecule has 1 unspecified atom stereocenters. The Labute approximate surface area is 186 Å². The number of para-hydroxylation sites is 1. The first-order chi connectivity index (χ1) is 15.0. The van der Waals surface area contributed by atoms with E-state index in [1.54, 1.807) is 7.11 Å². The summed E-state index contributed by atoms with van der Waals surface area (Å²) in [6, 6.07) is 18.8. The van der Waals surface area contributed by atoms with Gasteiger partial charge in [0.1, 0.15) is 0 Å². The Morgan fingerprint density at radius 3 is 2.29 bits per heavy atom. The molecule has 1 atom stereocenters. The fraction of sp³-hybridized carbons (Fsp3) is 0.423. The monoisotopic (exact) mass is 421 g/mol. The number of hydrogen-bond donors (Lipinski definition) is 1. The Balaban J connectivity index is 1.84. The highest BCUT2D eigenvalue weighted by atomic mass is 16.5. The molecule has 3 aromatic rings. The van der Waals surface area contributed by atoms with Gasteiger partial charge in [-0.25, -0.2) is 4.98 Å². The van der Waals surface area contributed by atoms with Crippen LogP contribution in [-0.4, -0.2) is 59.3 Å². The van der Waals surface area contributed by atoms with E-state index in [9.17, 15) is 5.11 Å². The number of ether oxygens (including phenoxy) is 1. The number of fused-ring (bicyclic) bond motifs is 1. The van der Waals surface area contributed by atoms with Crippen molar-refractivity contribution < 1.29 is 9.84 Å². The summed E-state index contributed by atoms with van der Waals surface area (Å²) in [4.78, 5) is 9.24. The molecule has 0 fully saturated rings. The van der Waals surface area contributed by atoms with Crippen LogP contribution in [-0.2, 0) is 13.1 Å². The van der Waals surface area contributed by atoms with Gasteiger partial charge in [-0.2, -0.15) is 0 Å². The third-order valence-electron chi connectivity index (χ3n) is 5.71. The number of hydrogen-bond acceptors (Lipinski definition) is 5. The third-order valence-corrected chi connectivity index (χ3v) is 5.71. The van der Waals surface area contributed by atoms with E-state index in [-0.39, 0.29) is 0 Å². The van der Waals surface area contributed by atoms with E-state index in [2.05, 4.69) is 67.0 Å². The molecular weight excluding hydrogens is 386 g/mol. The zero-order valence-electron chi connectivity index (χ0n) is 19.2. The lowest BCUT2D eigenvalue weighted by Gasteiger charge is -2.28. The van der Waals surface area contributed by atoms with Crippen LogP contribution in [0.15, 0.2) is 54.6 Å². The first-order valence-electron chi connectivity index (χ1n) is 11.1. The maximum Gasteiger partial charge on any atom is 0.218 e. The number of rotatable bonds is 11. The Morgan fingerprint density at radius 2 is 1.61 bits per heavy atom. The van der Waals surface area contributed by atoms with Gasteiger partial charge in [-0.15, -0.1) is 0 Å². The number of benzene rings is 2. The van der Waals surface area contributed by atoms with Gasteiger partial charge in [0, 0.05) is 37.1 Å². The molecule has 31 heavy (non-hydrogen) atoms. The third kappa shape index (κ3) is 6.50. The molecule has 0 aliphatic rings. The molecule has 166 valence electrons. The van der Waals surface area contributed by atoms with Crippen LogP contribution in [0.25, 0.3) is 10.9 Å². The van der Waals surface area contributed by atoms with Crippen LogP contribution in [0.2, 0.25) is 0 Å². The normalized spacial score (nSPS) is 12.6. The second kappa shape index (κ2) is 11.2. The van der Waals surface area contributed by atoms with Gasteiger partial charge in [-0.05, 0) is 37.7 Å². The van der Waals surface area contributed by atoms with Gasteiger partial charge in [0.2, 0.25) is 5.88 Å². The lowest BCUT2D eigenvalue weighted by molar-refractivity contribution is 0.0710. The van der Waals surface area contributed by atoms with Crippen molar-refractivity contribution in [3.8, 4) is 5.88 Å². The average Bonchev–Trinajstić information content (AvgIpc) is 2.78. The summed E-state index contributed by atoms with van der Waals surface area (Å²) in [5.74, 6) is 0.644. The van der Waals surface area contributed by atoms with Gasteiger partial charge < -0.3 is 14.7 Å². The lowest BCUT2D eigenvalue weighted by atomic mass is 10.1. The van der Waals surface area contributed by atoms with Crippen molar-refractivity contribution >= 4 is 10.9 Å². The lowest BCUT2D eigenvalue weighted by Crippen LogP contribution is -2.40. The van der Waals surface area contributed by atoms with Crippen molar-refractivity contribution in [2.24, 2.45) is 0 Å². The van der Waals surface area contributed by atoms with Crippen molar-refractivity contribution in [1.29, 1.82) is 0 Å². The summed E-state index contributed by atoms with van der Waals surface area (Å²) in [6.45, 7) is 10.9. The van der Waals surface area contributed by atoms with Crippen molar-refractivity contribution in [1.82, 2.24) is 14.8 Å². The number of pyridine rings is 1. The fourth-order valence-corrected chi connectivity index (χ4v) is 3.95. The molecular formula is C26H35N3O2. The maximum absolute atomic E-state index is 10.8. The van der Waals surface area contributed by atoms with Gasteiger partial charge in [0.15, 0.2) is 0 Å². The summed E-state index contributed by atoms with van der Waals surface area (Å²) in [7, 11) is 1.67. The number of likely N-dealkylation sites (N-methyl/N-ethyl adjacent to an activating group) is 1. The second-order valence-electron chi connectivity index (χ2n) is 8.14. The molecule has 0 saturated heterocycles. The van der Waals surface area contributed by atoms with Crippen molar-refractivity contribution in [2.45, 2.75) is 40.0 Å². The van der Waals surface area contributed by atoms with Crippen LogP contribution in [0.4, 0.5) is 0 Å². The van der Waals surface area contributed by atoms with Crippen LogP contribution < -0.4 is 4.74 Å². The predicted octanol–water partition coefficient (Wildman–Crippen LogP) is 4.26. The molecule has 0 spiro atoms. The number of aromatic nitrogens is 1. The minimum Gasteiger partial charge on any atom is -0.481 e. The second-order valence-corrected chi connectivity index (χ2v) is 8.14. The highest BCUT2D eigenvalue weighted by Crippen LogP contribution is 2.24. The molecule has 5 nitrogen and oxygen atoms in total. The molecule has 0 bridgehead atoms. The van der Waals surface area contributed by atoms with E-state index in [0.717, 1.165) is 36.1 Å². The first kappa shape index (κ1) is 23.2. The Hall–Kier alpha value is -2.47. The summed E-state index contributed by atoms with van der Waals surface area (Å²) in [5, 5.41) is 11.9. The van der Waals surface area contributed by atoms with E-state index in [0.29, 0.717) is 25.5 Å². The Morgan fingerprint density at radius 1 is 0.935 bits per heavy atom. The van der Waals surface area contributed by atoms with E-state index >= 15 is 0 Å². The first-order valence-corrected chi connectivity index (χ1v) is 11.1. The Bertz CT molecular complexity index is 955. The largest absolute Gasteiger partial charge is 0.481 e. The zero-order chi connectivity index (χ0) is 22.2. The molecule has 0 aliphatic carbocycles. The fourth-order valence-electron chi connectivity index (χ4n) is 3.95. The molecule has 5 heteroatoms. The number of aliphatic hydroxyl groups excluding tert-OH is 1. The zero-order valence-corrected chi connectivity index (χ0v) is 19.2. The van der Waals surface area contributed by atoms with Crippen LogP contribution in [0.5, 0.6) is 5.88 Å². The van der Waals surface area contributed by atoms with Crippen LogP contribution in [0.3, 0.4) is 0 Å². The van der Waals surface area contributed by atoms with Gasteiger partial charge in [-0.1, -0.05) is 61.9 Å².